The van der Waals surface area contributed by atoms with Gasteiger partial charge in [0.1, 0.15) is 5.82 Å². The van der Waals surface area contributed by atoms with Crippen LogP contribution in [-0.2, 0) is 5.41 Å². The molecule has 0 bridgehead atoms. The van der Waals surface area contributed by atoms with Crippen molar-refractivity contribution in [3.63, 3.8) is 0 Å². The highest BCUT2D eigenvalue weighted by Gasteiger charge is 2.33. The molecule has 1 aromatic heterocycles. The zero-order valence-electron chi connectivity index (χ0n) is 11.6. The lowest BCUT2D eigenvalue weighted by Gasteiger charge is -2.21. The summed E-state index contributed by atoms with van der Waals surface area (Å²) in [6, 6.07) is 5.71. The highest BCUT2D eigenvalue weighted by atomic mass is 35.5. The first-order chi connectivity index (χ1) is 9.59. The van der Waals surface area contributed by atoms with Gasteiger partial charge in [0.15, 0.2) is 5.75 Å². The molecule has 21 heavy (non-hydrogen) atoms. The van der Waals surface area contributed by atoms with Gasteiger partial charge in [-0.3, -0.25) is 4.57 Å². The number of benzene rings is 1. The molecule has 2 rings (SSSR count). The van der Waals surface area contributed by atoms with Crippen molar-refractivity contribution < 1.29 is 17.9 Å². The van der Waals surface area contributed by atoms with Crippen LogP contribution in [0, 0.1) is 0 Å². The molecule has 4 nitrogen and oxygen atoms in total. The fraction of sp³-hybridized carbons (Fsp3) is 0.385. The molecule has 0 aliphatic heterocycles. The number of nitrogens with zero attached hydrogens (tertiary/aromatic N) is 3. The molecule has 0 saturated heterocycles. The maximum Gasteiger partial charge on any atom is 0.573 e. The van der Waals surface area contributed by atoms with Crippen molar-refractivity contribution >= 4 is 11.6 Å². The van der Waals surface area contributed by atoms with Crippen LogP contribution < -0.4 is 4.74 Å². The smallest absolute Gasteiger partial charge is 0.404 e. The highest BCUT2D eigenvalue weighted by molar-refractivity contribution is 6.28. The van der Waals surface area contributed by atoms with Crippen LogP contribution in [0.4, 0.5) is 13.2 Å². The van der Waals surface area contributed by atoms with Crippen LogP contribution in [0.25, 0.3) is 5.69 Å². The molecule has 0 atom stereocenters. The molecule has 0 N–H and O–H groups in total. The van der Waals surface area contributed by atoms with E-state index in [1.165, 1.54) is 22.8 Å². The maximum atomic E-state index is 12.5. The topological polar surface area (TPSA) is 39.9 Å². The Kier molecular flexibility index (Phi) is 3.88. The average Bonchev–Trinajstić information content (AvgIpc) is 2.69. The van der Waals surface area contributed by atoms with E-state index in [2.05, 4.69) is 14.9 Å². The standard InChI is InChI=1S/C13H13ClF3N3O/c1-12(2,3)10-18-19-11(14)20(10)8-6-4-5-7-9(8)21-13(15,16)17/h4-7H,1-3H3. The first-order valence-corrected chi connectivity index (χ1v) is 6.44. The van der Waals surface area contributed by atoms with Gasteiger partial charge in [-0.2, -0.15) is 0 Å². The fourth-order valence-corrected chi connectivity index (χ4v) is 2.03. The zero-order valence-corrected chi connectivity index (χ0v) is 12.3. The summed E-state index contributed by atoms with van der Waals surface area (Å²) in [5.41, 5.74) is -0.319. The van der Waals surface area contributed by atoms with Gasteiger partial charge in [0, 0.05) is 5.41 Å². The quantitative estimate of drug-likeness (QED) is 0.836. The van der Waals surface area contributed by atoms with Gasteiger partial charge in [0.05, 0.1) is 5.69 Å². The fourth-order valence-electron chi connectivity index (χ4n) is 1.82. The molecule has 0 amide bonds. The lowest BCUT2D eigenvalue weighted by Crippen LogP contribution is -2.21. The summed E-state index contributed by atoms with van der Waals surface area (Å²) in [7, 11) is 0. The summed E-state index contributed by atoms with van der Waals surface area (Å²) >= 11 is 5.98. The molecule has 0 aliphatic rings. The van der Waals surface area contributed by atoms with Gasteiger partial charge >= 0.3 is 6.36 Å². The van der Waals surface area contributed by atoms with Crippen LogP contribution in [-0.4, -0.2) is 21.1 Å². The molecule has 0 unspecified atom stereocenters. The Labute approximate surface area is 124 Å². The molecule has 2 aromatic rings. The minimum absolute atomic E-state index is 0.0295. The van der Waals surface area contributed by atoms with Crippen LogP contribution in [0.5, 0.6) is 5.75 Å². The van der Waals surface area contributed by atoms with E-state index >= 15 is 0 Å². The lowest BCUT2D eigenvalue weighted by molar-refractivity contribution is -0.274. The van der Waals surface area contributed by atoms with Gasteiger partial charge < -0.3 is 4.74 Å². The molecular weight excluding hydrogens is 307 g/mol. The minimum atomic E-state index is -4.79. The Morgan fingerprint density at radius 3 is 2.29 bits per heavy atom. The van der Waals surface area contributed by atoms with E-state index in [-0.39, 0.29) is 16.7 Å². The van der Waals surface area contributed by atoms with E-state index in [0.29, 0.717) is 5.82 Å². The zero-order chi connectivity index (χ0) is 15.8. The van der Waals surface area contributed by atoms with Crippen LogP contribution in [0.2, 0.25) is 5.28 Å². The second kappa shape index (κ2) is 5.22. The van der Waals surface area contributed by atoms with E-state index in [1.54, 1.807) is 6.07 Å². The molecule has 1 heterocycles. The molecule has 0 spiro atoms. The van der Waals surface area contributed by atoms with E-state index in [9.17, 15) is 13.2 Å². The number of hydrogen-bond acceptors (Lipinski definition) is 3. The number of para-hydroxylation sites is 2. The van der Waals surface area contributed by atoms with Crippen molar-refractivity contribution in [2.45, 2.75) is 32.5 Å². The first-order valence-electron chi connectivity index (χ1n) is 6.06. The van der Waals surface area contributed by atoms with Crippen molar-refractivity contribution in [3.05, 3.63) is 35.4 Å². The Bertz CT molecular complexity index is 647. The van der Waals surface area contributed by atoms with Crippen molar-refractivity contribution in [1.29, 1.82) is 0 Å². The number of alkyl halides is 3. The monoisotopic (exact) mass is 319 g/mol. The van der Waals surface area contributed by atoms with Crippen molar-refractivity contribution in [2.24, 2.45) is 0 Å². The molecule has 0 fully saturated rings. The summed E-state index contributed by atoms with van der Waals surface area (Å²) in [6.45, 7) is 5.57. The Morgan fingerprint density at radius 1 is 1.10 bits per heavy atom. The van der Waals surface area contributed by atoms with E-state index in [1.807, 2.05) is 20.8 Å². The molecular formula is C13H13ClF3N3O. The molecule has 1 aromatic carbocycles. The summed E-state index contributed by atoms with van der Waals surface area (Å²) in [5.74, 6) is 0.0722. The predicted octanol–water partition coefficient (Wildman–Crippen LogP) is 4.12. The van der Waals surface area contributed by atoms with E-state index in [0.717, 1.165) is 0 Å². The SMILES string of the molecule is CC(C)(C)c1nnc(Cl)n1-c1ccccc1OC(F)(F)F. The normalized spacial score (nSPS) is 12.5. The molecule has 8 heteroatoms. The third-order valence-corrected chi connectivity index (χ3v) is 2.87. The number of halogens is 4. The first kappa shape index (κ1) is 15.6. The third-order valence-electron chi connectivity index (χ3n) is 2.63. The van der Waals surface area contributed by atoms with Gasteiger partial charge in [0.2, 0.25) is 5.28 Å². The second-order valence-electron chi connectivity index (χ2n) is 5.39. The number of ether oxygens (including phenoxy) is 1. The minimum Gasteiger partial charge on any atom is -0.404 e. The van der Waals surface area contributed by atoms with Crippen molar-refractivity contribution in [2.75, 3.05) is 0 Å². The number of aromatic nitrogens is 3. The molecule has 0 radical (unpaired) electrons. The lowest BCUT2D eigenvalue weighted by atomic mass is 9.95. The van der Waals surface area contributed by atoms with Crippen molar-refractivity contribution in [1.82, 2.24) is 14.8 Å². The second-order valence-corrected chi connectivity index (χ2v) is 5.73. The van der Waals surface area contributed by atoms with E-state index < -0.39 is 11.8 Å². The van der Waals surface area contributed by atoms with Gasteiger partial charge in [-0.1, -0.05) is 32.9 Å². The number of hydrogen-bond donors (Lipinski definition) is 0. The molecule has 0 aliphatic carbocycles. The summed E-state index contributed by atoms with van der Waals surface area (Å²) in [6.07, 6.45) is -4.79. The summed E-state index contributed by atoms with van der Waals surface area (Å²) < 4.78 is 42.9. The van der Waals surface area contributed by atoms with Crippen molar-refractivity contribution in [3.8, 4) is 11.4 Å². The van der Waals surface area contributed by atoms with E-state index in [4.69, 9.17) is 11.6 Å². The Hall–Kier alpha value is -1.76. The Morgan fingerprint density at radius 2 is 1.71 bits per heavy atom. The maximum absolute atomic E-state index is 12.5. The Balaban J connectivity index is 2.61. The highest BCUT2D eigenvalue weighted by Crippen LogP contribution is 2.33. The van der Waals surface area contributed by atoms with Crippen LogP contribution in [0.1, 0.15) is 26.6 Å². The summed E-state index contributed by atoms with van der Waals surface area (Å²) in [4.78, 5) is 0. The van der Waals surface area contributed by atoms with Gasteiger partial charge in [-0.05, 0) is 23.7 Å². The van der Waals surface area contributed by atoms with Gasteiger partial charge in [0.25, 0.3) is 0 Å². The summed E-state index contributed by atoms with van der Waals surface area (Å²) in [5, 5.41) is 7.65. The third kappa shape index (κ3) is 3.47. The number of rotatable bonds is 2. The molecule has 114 valence electrons. The van der Waals surface area contributed by atoms with Crippen LogP contribution in [0.15, 0.2) is 24.3 Å². The van der Waals surface area contributed by atoms with Crippen LogP contribution >= 0.6 is 11.6 Å². The molecule has 0 saturated carbocycles. The van der Waals surface area contributed by atoms with Gasteiger partial charge in [-0.25, -0.2) is 0 Å². The largest absolute Gasteiger partial charge is 0.573 e. The van der Waals surface area contributed by atoms with Gasteiger partial charge in [-0.15, -0.1) is 23.4 Å². The van der Waals surface area contributed by atoms with Crippen LogP contribution in [0.3, 0.4) is 0 Å². The predicted molar refractivity (Wildman–Crippen MR) is 71.8 cm³/mol. The average molecular weight is 320 g/mol.